The summed E-state index contributed by atoms with van der Waals surface area (Å²) in [5, 5.41) is 3.55. The summed E-state index contributed by atoms with van der Waals surface area (Å²) in [7, 11) is 0. The summed E-state index contributed by atoms with van der Waals surface area (Å²) >= 11 is 2.10. The van der Waals surface area contributed by atoms with E-state index in [4.69, 9.17) is 0 Å². The highest BCUT2D eigenvalue weighted by atomic mass is 32.2. The first-order valence-electron chi connectivity index (χ1n) is 6.27. The summed E-state index contributed by atoms with van der Waals surface area (Å²) in [5.41, 5.74) is 2.42. The minimum absolute atomic E-state index is 0.441. The quantitative estimate of drug-likeness (QED) is 0.853. The highest BCUT2D eigenvalue weighted by molar-refractivity contribution is 8.00. The van der Waals surface area contributed by atoms with Crippen molar-refractivity contribution in [2.24, 2.45) is 0 Å². The van der Waals surface area contributed by atoms with E-state index in [-0.39, 0.29) is 0 Å². The van der Waals surface area contributed by atoms with Crippen molar-refractivity contribution in [3.63, 3.8) is 0 Å². The van der Waals surface area contributed by atoms with Crippen molar-refractivity contribution >= 4 is 17.3 Å². The fraction of sp³-hybridized carbons (Fsp3) is 0.467. The van der Waals surface area contributed by atoms with E-state index >= 15 is 0 Å². The molecule has 0 aliphatic carbocycles. The molecule has 1 aromatic carbocycles. The third kappa shape index (κ3) is 3.62. The Labute approximate surface area is 109 Å². The van der Waals surface area contributed by atoms with E-state index in [9.17, 15) is 0 Å². The van der Waals surface area contributed by atoms with Gasteiger partial charge in [-0.05, 0) is 36.7 Å². The van der Waals surface area contributed by atoms with Gasteiger partial charge < -0.3 is 5.32 Å². The number of thioether (sulfide) groups is 1. The van der Waals surface area contributed by atoms with Crippen LogP contribution in [0.2, 0.25) is 0 Å². The molecule has 0 bridgehead atoms. The lowest BCUT2D eigenvalue weighted by Crippen LogP contribution is -2.33. The van der Waals surface area contributed by atoms with Crippen LogP contribution in [0.4, 0.5) is 0 Å². The average Bonchev–Trinajstić information content (AvgIpc) is 2.77. The second kappa shape index (κ2) is 5.74. The van der Waals surface area contributed by atoms with Gasteiger partial charge in [0.15, 0.2) is 0 Å². The van der Waals surface area contributed by atoms with Gasteiger partial charge in [-0.2, -0.15) is 11.8 Å². The monoisotopic (exact) mass is 247 g/mol. The van der Waals surface area contributed by atoms with Crippen molar-refractivity contribution in [2.45, 2.75) is 24.5 Å². The lowest BCUT2D eigenvalue weighted by atomic mass is 10.0. The Morgan fingerprint density at radius 2 is 2.18 bits per heavy atom. The predicted molar refractivity (Wildman–Crippen MR) is 78.4 cm³/mol. The fourth-order valence-electron chi connectivity index (χ4n) is 2.23. The molecule has 1 heterocycles. The van der Waals surface area contributed by atoms with Crippen molar-refractivity contribution < 1.29 is 0 Å². The molecule has 1 unspecified atom stereocenters. The molecule has 1 N–H and O–H groups in total. The van der Waals surface area contributed by atoms with Crippen molar-refractivity contribution in [2.75, 3.05) is 18.8 Å². The number of nitrogens with one attached hydrogen (secondary N) is 1. The van der Waals surface area contributed by atoms with Gasteiger partial charge in [-0.1, -0.05) is 36.9 Å². The van der Waals surface area contributed by atoms with Gasteiger partial charge in [-0.15, -0.1) is 0 Å². The van der Waals surface area contributed by atoms with Crippen molar-refractivity contribution in [1.82, 2.24) is 5.32 Å². The van der Waals surface area contributed by atoms with Crippen molar-refractivity contribution in [3.05, 3.63) is 42.5 Å². The van der Waals surface area contributed by atoms with Gasteiger partial charge in [0.2, 0.25) is 0 Å². The summed E-state index contributed by atoms with van der Waals surface area (Å²) in [6, 6.07) is 10.4. The second-order valence-electron chi connectivity index (χ2n) is 4.98. The van der Waals surface area contributed by atoms with E-state index in [2.05, 4.69) is 54.8 Å². The summed E-state index contributed by atoms with van der Waals surface area (Å²) in [6.45, 7) is 8.48. The summed E-state index contributed by atoms with van der Waals surface area (Å²) in [4.78, 5) is 0. The van der Waals surface area contributed by atoms with Crippen molar-refractivity contribution in [3.8, 4) is 0 Å². The topological polar surface area (TPSA) is 12.0 Å². The molecule has 1 fully saturated rings. The zero-order chi connectivity index (χ0) is 12.1. The molecule has 2 rings (SSSR count). The number of hydrogen-bond acceptors (Lipinski definition) is 2. The molecular formula is C15H21NS. The Kier molecular flexibility index (Phi) is 4.30. The molecule has 0 aromatic heterocycles. The molecule has 1 aromatic rings. The standard InChI is InChI=1S/C15H21NS/c1-13(14-7-4-3-5-8-14)11-16-12-15(2)9-6-10-17-15/h3-5,7-8,16H,1,6,9-12H2,2H3. The smallest absolute Gasteiger partial charge is 0.0256 e. The summed E-state index contributed by atoms with van der Waals surface area (Å²) in [6.07, 6.45) is 2.70. The maximum atomic E-state index is 4.14. The summed E-state index contributed by atoms with van der Waals surface area (Å²) in [5.74, 6) is 1.32. The molecule has 1 atom stereocenters. The van der Waals surface area contributed by atoms with Crippen LogP contribution in [0.25, 0.3) is 5.57 Å². The van der Waals surface area contributed by atoms with Crippen LogP contribution in [-0.4, -0.2) is 23.6 Å². The average molecular weight is 247 g/mol. The lowest BCUT2D eigenvalue weighted by molar-refractivity contribution is 0.558. The van der Waals surface area contributed by atoms with E-state index in [1.54, 1.807) is 0 Å². The molecule has 0 radical (unpaired) electrons. The molecule has 17 heavy (non-hydrogen) atoms. The first-order valence-corrected chi connectivity index (χ1v) is 7.26. The Balaban J connectivity index is 1.77. The van der Waals surface area contributed by atoms with E-state index < -0.39 is 0 Å². The van der Waals surface area contributed by atoms with E-state index in [1.807, 2.05) is 6.07 Å². The SMILES string of the molecule is C=C(CNCC1(C)CCCS1)c1ccccc1. The molecular weight excluding hydrogens is 226 g/mol. The first kappa shape index (κ1) is 12.7. The molecule has 1 aliphatic rings. The lowest BCUT2D eigenvalue weighted by Gasteiger charge is -2.23. The molecule has 92 valence electrons. The predicted octanol–water partition coefficient (Wildman–Crippen LogP) is 3.58. The van der Waals surface area contributed by atoms with Crippen LogP contribution >= 0.6 is 11.8 Å². The van der Waals surface area contributed by atoms with Gasteiger partial charge in [-0.3, -0.25) is 0 Å². The zero-order valence-corrected chi connectivity index (χ0v) is 11.4. The van der Waals surface area contributed by atoms with Gasteiger partial charge in [-0.25, -0.2) is 0 Å². The third-order valence-corrected chi connectivity index (χ3v) is 4.86. The Hall–Kier alpha value is -0.730. The van der Waals surface area contributed by atoms with Crippen molar-refractivity contribution in [1.29, 1.82) is 0 Å². The second-order valence-corrected chi connectivity index (χ2v) is 6.66. The Morgan fingerprint density at radius 3 is 2.82 bits per heavy atom. The molecule has 1 aliphatic heterocycles. The van der Waals surface area contributed by atoms with E-state index in [1.165, 1.54) is 29.7 Å². The van der Waals surface area contributed by atoms with Crippen LogP contribution in [0.1, 0.15) is 25.3 Å². The molecule has 1 nitrogen and oxygen atoms in total. The Bertz CT molecular complexity index is 366. The Morgan fingerprint density at radius 1 is 1.41 bits per heavy atom. The van der Waals surface area contributed by atoms with Crippen LogP contribution in [0.15, 0.2) is 36.9 Å². The minimum Gasteiger partial charge on any atom is -0.311 e. The maximum Gasteiger partial charge on any atom is 0.0256 e. The number of rotatable bonds is 5. The largest absolute Gasteiger partial charge is 0.311 e. The first-order chi connectivity index (χ1) is 8.20. The van der Waals surface area contributed by atoms with E-state index in [0.29, 0.717) is 4.75 Å². The molecule has 0 saturated carbocycles. The van der Waals surface area contributed by atoms with E-state index in [0.717, 1.165) is 13.1 Å². The zero-order valence-electron chi connectivity index (χ0n) is 10.5. The van der Waals surface area contributed by atoms with Gasteiger partial charge >= 0.3 is 0 Å². The molecule has 0 spiro atoms. The van der Waals surface area contributed by atoms with Crippen LogP contribution in [0, 0.1) is 0 Å². The number of benzene rings is 1. The highest BCUT2D eigenvalue weighted by Crippen LogP contribution is 2.36. The molecule has 2 heteroatoms. The van der Waals surface area contributed by atoms with Crippen LogP contribution in [0.5, 0.6) is 0 Å². The van der Waals surface area contributed by atoms with Crippen LogP contribution in [0.3, 0.4) is 0 Å². The van der Waals surface area contributed by atoms with Gasteiger partial charge in [0.25, 0.3) is 0 Å². The summed E-state index contributed by atoms with van der Waals surface area (Å²) < 4.78 is 0.441. The third-order valence-electron chi connectivity index (χ3n) is 3.32. The maximum absolute atomic E-state index is 4.14. The van der Waals surface area contributed by atoms with Crippen LogP contribution < -0.4 is 5.32 Å². The fourth-order valence-corrected chi connectivity index (χ4v) is 3.50. The normalized spacial score (nSPS) is 23.8. The molecule has 0 amide bonds. The van der Waals surface area contributed by atoms with Gasteiger partial charge in [0.05, 0.1) is 0 Å². The van der Waals surface area contributed by atoms with Gasteiger partial charge in [0.1, 0.15) is 0 Å². The van der Waals surface area contributed by atoms with Crippen LogP contribution in [-0.2, 0) is 0 Å². The molecule has 1 saturated heterocycles. The number of hydrogen-bond donors (Lipinski definition) is 1. The minimum atomic E-state index is 0.441. The van der Waals surface area contributed by atoms with Gasteiger partial charge in [0, 0.05) is 17.8 Å². The highest BCUT2D eigenvalue weighted by Gasteiger charge is 2.28.